The van der Waals surface area contributed by atoms with Crippen molar-refractivity contribution in [3.8, 4) is 0 Å². The van der Waals surface area contributed by atoms with Gasteiger partial charge in [-0.05, 0) is 6.42 Å². The van der Waals surface area contributed by atoms with Gasteiger partial charge in [0.2, 0.25) is 0 Å². The van der Waals surface area contributed by atoms with Gasteiger partial charge in [0.25, 0.3) is 0 Å². The van der Waals surface area contributed by atoms with Crippen LogP contribution in [-0.4, -0.2) is 10.9 Å². The molecule has 20 heavy (non-hydrogen) atoms. The van der Waals surface area contributed by atoms with E-state index in [-0.39, 0.29) is 5.12 Å². The van der Waals surface area contributed by atoms with Gasteiger partial charge >= 0.3 is 0 Å². The van der Waals surface area contributed by atoms with Gasteiger partial charge in [-0.15, -0.1) is 0 Å². The molecule has 0 aromatic rings. The first kappa shape index (κ1) is 14.9. The third kappa shape index (κ3) is 18.0. The van der Waals surface area contributed by atoms with Crippen molar-refractivity contribution >= 4 is 16.9 Å². The van der Waals surface area contributed by atoms with Crippen molar-refractivity contribution in [1.82, 2.24) is 0 Å². The Balaban J connectivity index is 3.04. The average molecular weight is 304 g/mol. The Morgan fingerprint density at radius 3 is 1.55 bits per heavy atom. The second-order valence-electron chi connectivity index (χ2n) is 5.69. The summed E-state index contributed by atoms with van der Waals surface area (Å²) in [5, 5.41) is 0.238. The van der Waals surface area contributed by atoms with Gasteiger partial charge < -0.3 is 0 Å². The van der Waals surface area contributed by atoms with Gasteiger partial charge in [-0.1, -0.05) is 102 Å². The van der Waals surface area contributed by atoms with E-state index >= 15 is 0 Å². The standard InChI is InChI=1S/C18H36OS/c1-3-4-5-6-7-8-9-10-11-12-13-14-15-16-17-20-18(2)19/h3-17H2,1-2H3/i1D3. The number of thioether (sulfide) groups is 1. The van der Waals surface area contributed by atoms with Crippen molar-refractivity contribution in [2.24, 2.45) is 0 Å². The molecule has 0 aliphatic carbocycles. The monoisotopic (exact) mass is 303 g/mol. The number of carbonyl (C=O) groups is 1. The molecule has 0 atom stereocenters. The van der Waals surface area contributed by atoms with E-state index in [1.807, 2.05) is 0 Å². The predicted octanol–water partition coefficient (Wildman–Crippen LogP) is 6.75. The zero-order valence-corrected chi connectivity index (χ0v) is 14.2. The van der Waals surface area contributed by atoms with Gasteiger partial charge in [0.05, 0.1) is 0 Å². The summed E-state index contributed by atoms with van der Waals surface area (Å²) in [6.07, 6.45) is 16.5. The summed E-state index contributed by atoms with van der Waals surface area (Å²) in [6, 6.07) is 0. The third-order valence-electron chi connectivity index (χ3n) is 3.63. The Bertz CT molecular complexity index is 280. The summed E-state index contributed by atoms with van der Waals surface area (Å²) >= 11 is 1.45. The zero-order chi connectivity index (χ0) is 17.4. The maximum atomic E-state index is 10.8. The number of carbonyl (C=O) groups excluding carboxylic acids is 1. The van der Waals surface area contributed by atoms with Crippen LogP contribution in [-0.2, 0) is 4.79 Å². The molecule has 0 amide bonds. The van der Waals surface area contributed by atoms with Crippen molar-refractivity contribution < 1.29 is 8.91 Å². The van der Waals surface area contributed by atoms with E-state index in [0.29, 0.717) is 6.42 Å². The topological polar surface area (TPSA) is 17.1 Å². The molecule has 0 rings (SSSR count). The van der Waals surface area contributed by atoms with E-state index in [4.69, 9.17) is 4.11 Å². The molecule has 120 valence electrons. The van der Waals surface area contributed by atoms with Crippen LogP contribution in [0.5, 0.6) is 0 Å². The molecule has 1 nitrogen and oxygen atoms in total. The van der Waals surface area contributed by atoms with E-state index < -0.39 is 6.85 Å². The fraction of sp³-hybridized carbons (Fsp3) is 0.944. The van der Waals surface area contributed by atoms with Crippen LogP contribution in [0.15, 0.2) is 0 Å². The maximum Gasteiger partial charge on any atom is 0.185 e. The Kier molecular flexibility index (Phi) is 12.8. The molecule has 0 fully saturated rings. The number of hydrogen-bond acceptors (Lipinski definition) is 2. The first-order chi connectivity index (χ1) is 10.9. The second kappa shape index (κ2) is 17.1. The predicted molar refractivity (Wildman–Crippen MR) is 93.5 cm³/mol. The lowest BCUT2D eigenvalue weighted by atomic mass is 10.0. The Morgan fingerprint density at radius 2 is 1.15 bits per heavy atom. The van der Waals surface area contributed by atoms with Crippen molar-refractivity contribution in [3.63, 3.8) is 0 Å². The summed E-state index contributed by atoms with van der Waals surface area (Å²) < 4.78 is 21.4. The first-order valence-electron chi connectivity index (χ1n) is 10.1. The smallest absolute Gasteiger partial charge is 0.185 e. The minimum atomic E-state index is -1.73. The van der Waals surface area contributed by atoms with E-state index in [1.165, 1.54) is 82.4 Å². The van der Waals surface area contributed by atoms with Crippen LogP contribution in [0.3, 0.4) is 0 Å². The van der Waals surface area contributed by atoms with Crippen LogP contribution >= 0.6 is 11.8 Å². The van der Waals surface area contributed by atoms with Crippen LogP contribution in [0.4, 0.5) is 0 Å². The van der Waals surface area contributed by atoms with Crippen molar-refractivity contribution in [2.45, 2.75) is 104 Å². The highest BCUT2D eigenvalue weighted by Crippen LogP contribution is 2.13. The van der Waals surface area contributed by atoms with Gasteiger partial charge in [0.15, 0.2) is 5.12 Å². The molecule has 0 saturated carbocycles. The van der Waals surface area contributed by atoms with Crippen molar-refractivity contribution in [2.75, 3.05) is 5.75 Å². The normalized spacial score (nSPS) is 13.8. The number of rotatable bonds is 15. The minimum Gasteiger partial charge on any atom is -0.288 e. The maximum absolute atomic E-state index is 10.8. The van der Waals surface area contributed by atoms with E-state index in [0.717, 1.165) is 18.6 Å². The Labute approximate surface area is 135 Å². The number of hydrogen-bond donors (Lipinski definition) is 0. The molecule has 0 aromatic carbocycles. The average Bonchev–Trinajstić information content (AvgIpc) is 2.45. The van der Waals surface area contributed by atoms with E-state index in [1.54, 1.807) is 6.92 Å². The SMILES string of the molecule is [2H]C([2H])([2H])CCCCCCCCCCCCCCCSC(C)=O. The quantitative estimate of drug-likeness (QED) is 0.311. The van der Waals surface area contributed by atoms with Crippen LogP contribution < -0.4 is 0 Å². The highest BCUT2D eigenvalue weighted by Gasteiger charge is 1.95. The van der Waals surface area contributed by atoms with Gasteiger partial charge in [-0.3, -0.25) is 4.79 Å². The molecule has 0 aliphatic heterocycles. The van der Waals surface area contributed by atoms with Crippen LogP contribution in [0, 0.1) is 0 Å². The minimum absolute atomic E-state index is 0.238. The molecule has 2 heteroatoms. The summed E-state index contributed by atoms with van der Waals surface area (Å²) in [4.78, 5) is 10.8. The summed E-state index contributed by atoms with van der Waals surface area (Å²) in [5.74, 6) is 0.988. The lowest BCUT2D eigenvalue weighted by Crippen LogP contribution is -1.87. The van der Waals surface area contributed by atoms with Gasteiger partial charge in [-0.25, -0.2) is 0 Å². The molecule has 0 aliphatic rings. The molecule has 0 unspecified atom stereocenters. The highest BCUT2D eigenvalue weighted by atomic mass is 32.2. The van der Waals surface area contributed by atoms with Gasteiger partial charge in [0, 0.05) is 16.8 Å². The highest BCUT2D eigenvalue weighted by molar-refractivity contribution is 8.13. The van der Waals surface area contributed by atoms with Gasteiger partial charge in [0.1, 0.15) is 0 Å². The lowest BCUT2D eigenvalue weighted by molar-refractivity contribution is -0.109. The first-order valence-corrected chi connectivity index (χ1v) is 9.54. The largest absolute Gasteiger partial charge is 0.288 e. The molecule has 0 bridgehead atoms. The van der Waals surface area contributed by atoms with E-state index in [9.17, 15) is 4.79 Å². The fourth-order valence-corrected chi connectivity index (χ4v) is 3.02. The van der Waals surface area contributed by atoms with E-state index in [2.05, 4.69) is 0 Å². The molecule has 0 saturated heterocycles. The molecule has 0 radical (unpaired) electrons. The van der Waals surface area contributed by atoms with Crippen LogP contribution in [0.1, 0.15) is 108 Å². The summed E-state index contributed by atoms with van der Waals surface area (Å²) in [6.45, 7) is -0.0891. The molecule has 0 heterocycles. The van der Waals surface area contributed by atoms with Crippen molar-refractivity contribution in [1.29, 1.82) is 0 Å². The van der Waals surface area contributed by atoms with Crippen LogP contribution in [0.25, 0.3) is 0 Å². The van der Waals surface area contributed by atoms with Crippen molar-refractivity contribution in [3.05, 3.63) is 0 Å². The summed E-state index contributed by atoms with van der Waals surface area (Å²) in [7, 11) is 0. The fourth-order valence-electron chi connectivity index (χ4n) is 2.39. The van der Waals surface area contributed by atoms with Crippen LogP contribution in [0.2, 0.25) is 0 Å². The zero-order valence-electron chi connectivity index (χ0n) is 16.4. The molecular weight excluding hydrogens is 264 g/mol. The molecule has 0 spiro atoms. The second-order valence-corrected chi connectivity index (χ2v) is 6.96. The molecule has 0 N–H and O–H groups in total. The number of unbranched alkanes of at least 4 members (excludes halogenated alkanes) is 12. The lowest BCUT2D eigenvalue weighted by Gasteiger charge is -2.03. The third-order valence-corrected chi connectivity index (χ3v) is 4.53. The molecule has 0 aromatic heterocycles. The summed E-state index contributed by atoms with van der Waals surface area (Å²) in [5.41, 5.74) is 0. The Morgan fingerprint density at radius 1 is 0.750 bits per heavy atom. The van der Waals surface area contributed by atoms with Gasteiger partial charge in [-0.2, -0.15) is 0 Å². The Hall–Kier alpha value is 0.0200. The molecular formula is C18H36OS.